The Bertz CT molecular complexity index is 844. The molecule has 2 aromatic carbocycles. The summed E-state index contributed by atoms with van der Waals surface area (Å²) in [6.45, 7) is -0.463. The number of nitro benzene ring substituents is 1. The largest absolute Gasteiger partial charge is 0.495 e. The summed E-state index contributed by atoms with van der Waals surface area (Å²) in [5, 5.41) is 13.6. The number of rotatable bonds is 8. The van der Waals surface area contributed by atoms with Crippen LogP contribution in [0.1, 0.15) is 0 Å². The molecule has 0 heterocycles. The minimum Gasteiger partial charge on any atom is -0.495 e. The van der Waals surface area contributed by atoms with Gasteiger partial charge in [0, 0.05) is 22.1 Å². The summed E-state index contributed by atoms with van der Waals surface area (Å²) in [7, 11) is 1.45. The number of non-ortho nitro benzene ring substituents is 1. The molecule has 0 aliphatic heterocycles. The van der Waals surface area contributed by atoms with Gasteiger partial charge in [-0.25, -0.2) is 0 Å². The van der Waals surface area contributed by atoms with Gasteiger partial charge in [-0.05, 0) is 30.3 Å². The van der Waals surface area contributed by atoms with Gasteiger partial charge in [0.1, 0.15) is 5.75 Å². The zero-order chi connectivity index (χ0) is 19.8. The third kappa shape index (κ3) is 6.46. The van der Waals surface area contributed by atoms with Crippen molar-refractivity contribution in [1.82, 2.24) is 0 Å². The standard InChI is InChI=1S/C17H15ClN2O6S/c1-25-15-7-2-11(18)8-14(15)19-16(21)9-26-17(22)10-27-13-5-3-12(4-6-13)20(23)24/h2-8H,9-10H2,1H3,(H,19,21). The van der Waals surface area contributed by atoms with Crippen molar-refractivity contribution in [3.8, 4) is 5.75 Å². The summed E-state index contributed by atoms with van der Waals surface area (Å²) in [6, 6.07) is 10.5. The highest BCUT2D eigenvalue weighted by atomic mass is 35.5. The van der Waals surface area contributed by atoms with Gasteiger partial charge in [-0.15, -0.1) is 11.8 Å². The zero-order valence-electron chi connectivity index (χ0n) is 14.1. The van der Waals surface area contributed by atoms with E-state index >= 15 is 0 Å². The molecule has 0 saturated heterocycles. The second-order valence-electron chi connectivity index (χ2n) is 5.09. The summed E-state index contributed by atoms with van der Waals surface area (Å²) in [4.78, 5) is 34.4. The molecule has 0 atom stereocenters. The SMILES string of the molecule is COc1ccc(Cl)cc1NC(=O)COC(=O)CSc1ccc([N+](=O)[O-])cc1. The van der Waals surface area contributed by atoms with Crippen molar-refractivity contribution in [2.24, 2.45) is 0 Å². The lowest BCUT2D eigenvalue weighted by atomic mass is 10.3. The van der Waals surface area contributed by atoms with Gasteiger partial charge in [0.15, 0.2) is 6.61 Å². The number of thioether (sulfide) groups is 1. The maximum atomic E-state index is 11.9. The molecule has 142 valence electrons. The predicted molar refractivity (Wildman–Crippen MR) is 101 cm³/mol. The monoisotopic (exact) mass is 410 g/mol. The molecule has 0 aromatic heterocycles. The number of carbonyl (C=O) groups excluding carboxylic acids is 2. The van der Waals surface area contributed by atoms with Crippen LogP contribution >= 0.6 is 23.4 Å². The van der Waals surface area contributed by atoms with Crippen molar-refractivity contribution < 1.29 is 24.0 Å². The van der Waals surface area contributed by atoms with Gasteiger partial charge in [0.25, 0.3) is 11.6 Å². The van der Waals surface area contributed by atoms with Crippen molar-refractivity contribution >= 4 is 46.6 Å². The van der Waals surface area contributed by atoms with Crippen LogP contribution in [-0.2, 0) is 14.3 Å². The van der Waals surface area contributed by atoms with Crippen molar-refractivity contribution in [3.05, 3.63) is 57.6 Å². The Morgan fingerprint density at radius 2 is 1.93 bits per heavy atom. The Morgan fingerprint density at radius 1 is 1.22 bits per heavy atom. The molecule has 8 nitrogen and oxygen atoms in total. The van der Waals surface area contributed by atoms with Gasteiger partial charge < -0.3 is 14.8 Å². The first-order valence-corrected chi connectivity index (χ1v) is 8.91. The van der Waals surface area contributed by atoms with Crippen LogP contribution in [0.3, 0.4) is 0 Å². The molecule has 2 aromatic rings. The van der Waals surface area contributed by atoms with E-state index in [0.717, 1.165) is 11.8 Å². The lowest BCUT2D eigenvalue weighted by Crippen LogP contribution is -2.21. The number of hydrogen-bond donors (Lipinski definition) is 1. The van der Waals surface area contributed by atoms with Crippen molar-refractivity contribution in [2.75, 3.05) is 24.8 Å². The Kier molecular flexibility index (Phi) is 7.44. The van der Waals surface area contributed by atoms with Gasteiger partial charge in [-0.3, -0.25) is 19.7 Å². The number of carbonyl (C=O) groups is 2. The number of methoxy groups -OCH3 is 1. The van der Waals surface area contributed by atoms with Gasteiger partial charge in [-0.2, -0.15) is 0 Å². The predicted octanol–water partition coefficient (Wildman–Crippen LogP) is 3.53. The normalized spacial score (nSPS) is 10.1. The first kappa shape index (κ1) is 20.5. The first-order valence-electron chi connectivity index (χ1n) is 7.55. The summed E-state index contributed by atoms with van der Waals surface area (Å²) >= 11 is 7.03. The molecule has 1 amide bonds. The van der Waals surface area contributed by atoms with Crippen molar-refractivity contribution in [2.45, 2.75) is 4.90 Å². The summed E-state index contributed by atoms with van der Waals surface area (Å²) in [5.74, 6) is -0.741. The van der Waals surface area contributed by atoms with Crippen LogP contribution in [0, 0.1) is 10.1 Å². The lowest BCUT2D eigenvalue weighted by Gasteiger charge is -2.10. The van der Waals surface area contributed by atoms with E-state index in [1.54, 1.807) is 12.1 Å². The molecule has 0 unspecified atom stereocenters. The molecule has 0 fully saturated rings. The highest BCUT2D eigenvalue weighted by molar-refractivity contribution is 8.00. The van der Waals surface area contributed by atoms with Crippen molar-refractivity contribution in [1.29, 1.82) is 0 Å². The molecule has 10 heteroatoms. The number of ether oxygens (including phenoxy) is 2. The lowest BCUT2D eigenvalue weighted by molar-refractivity contribution is -0.384. The van der Waals surface area contributed by atoms with E-state index in [4.69, 9.17) is 21.1 Å². The Morgan fingerprint density at radius 3 is 2.56 bits per heavy atom. The van der Waals surface area contributed by atoms with E-state index in [0.29, 0.717) is 21.4 Å². The molecule has 27 heavy (non-hydrogen) atoms. The number of nitrogens with zero attached hydrogens (tertiary/aromatic N) is 1. The molecular formula is C17H15ClN2O6S. The summed E-state index contributed by atoms with van der Waals surface area (Å²) < 4.78 is 10.0. The molecule has 0 aliphatic carbocycles. The number of anilines is 1. The molecule has 0 bridgehead atoms. The van der Waals surface area contributed by atoms with Crippen LogP contribution in [0.2, 0.25) is 5.02 Å². The molecule has 0 saturated carbocycles. The topological polar surface area (TPSA) is 108 Å². The van der Waals surface area contributed by atoms with Crippen LogP contribution in [0.15, 0.2) is 47.4 Å². The maximum Gasteiger partial charge on any atom is 0.316 e. The highest BCUT2D eigenvalue weighted by Crippen LogP contribution is 2.27. The fourth-order valence-corrected chi connectivity index (χ4v) is 2.83. The Hall–Kier alpha value is -2.78. The fraction of sp³-hybridized carbons (Fsp3) is 0.176. The van der Waals surface area contributed by atoms with Crippen molar-refractivity contribution in [3.63, 3.8) is 0 Å². The van der Waals surface area contributed by atoms with E-state index in [9.17, 15) is 19.7 Å². The van der Waals surface area contributed by atoms with E-state index in [-0.39, 0.29) is 11.4 Å². The first-order chi connectivity index (χ1) is 12.9. The van der Waals surface area contributed by atoms with E-state index < -0.39 is 23.4 Å². The molecular weight excluding hydrogens is 396 g/mol. The number of esters is 1. The molecule has 0 aliphatic rings. The number of nitrogens with one attached hydrogen (secondary N) is 1. The van der Waals surface area contributed by atoms with E-state index in [1.807, 2.05) is 0 Å². The van der Waals surface area contributed by atoms with E-state index in [2.05, 4.69) is 5.32 Å². The van der Waals surface area contributed by atoms with Gasteiger partial charge in [0.05, 0.1) is 23.5 Å². The zero-order valence-corrected chi connectivity index (χ0v) is 15.7. The average molecular weight is 411 g/mol. The van der Waals surface area contributed by atoms with Gasteiger partial charge in [0.2, 0.25) is 0 Å². The number of amides is 1. The Labute approximate surface area is 163 Å². The third-order valence-corrected chi connectivity index (χ3v) is 4.42. The molecule has 2 rings (SSSR count). The maximum absolute atomic E-state index is 11.9. The van der Waals surface area contributed by atoms with Crippen LogP contribution in [0.25, 0.3) is 0 Å². The minimum atomic E-state index is -0.591. The summed E-state index contributed by atoms with van der Waals surface area (Å²) in [5.41, 5.74) is 0.335. The number of hydrogen-bond acceptors (Lipinski definition) is 7. The number of halogens is 1. The molecule has 1 N–H and O–H groups in total. The average Bonchev–Trinajstić information content (AvgIpc) is 2.65. The molecule has 0 radical (unpaired) electrons. The fourth-order valence-electron chi connectivity index (χ4n) is 1.96. The van der Waals surface area contributed by atoms with E-state index in [1.165, 1.54) is 37.4 Å². The Balaban J connectivity index is 1.79. The number of benzene rings is 2. The van der Waals surface area contributed by atoms with Crippen LogP contribution in [-0.4, -0.2) is 36.3 Å². The second kappa shape index (κ2) is 9.79. The minimum absolute atomic E-state index is 0.0324. The van der Waals surface area contributed by atoms with Crippen LogP contribution in [0.5, 0.6) is 5.75 Å². The highest BCUT2D eigenvalue weighted by Gasteiger charge is 2.12. The van der Waals surface area contributed by atoms with Gasteiger partial charge >= 0.3 is 5.97 Å². The van der Waals surface area contributed by atoms with Crippen LogP contribution < -0.4 is 10.1 Å². The quantitative estimate of drug-likeness (QED) is 0.307. The third-order valence-electron chi connectivity index (χ3n) is 3.20. The van der Waals surface area contributed by atoms with Gasteiger partial charge in [-0.1, -0.05) is 11.6 Å². The number of nitro groups is 1. The second-order valence-corrected chi connectivity index (χ2v) is 6.58. The smallest absolute Gasteiger partial charge is 0.316 e. The summed E-state index contributed by atoms with van der Waals surface area (Å²) in [6.07, 6.45) is 0. The molecule has 0 spiro atoms. The van der Waals surface area contributed by atoms with Crippen LogP contribution in [0.4, 0.5) is 11.4 Å².